The number of nitrogens with one attached hydrogen (secondary N) is 1. The Balaban J connectivity index is 1.75. The molecule has 0 saturated heterocycles. The molecule has 2 aromatic heterocycles. The van der Waals surface area contributed by atoms with Crippen LogP contribution in [0, 0.1) is 5.82 Å². The molecule has 2 heterocycles. The molecule has 120 valence electrons. The highest BCUT2D eigenvalue weighted by molar-refractivity contribution is 7.89. The molecule has 0 bridgehead atoms. The lowest BCUT2D eigenvalue weighted by Gasteiger charge is -2.00. The molecule has 0 aliphatic heterocycles. The Morgan fingerprint density at radius 2 is 2.13 bits per heavy atom. The Bertz CT molecular complexity index is 925. The second-order valence-electron chi connectivity index (χ2n) is 4.40. The second-order valence-corrected chi connectivity index (χ2v) is 6.53. The fraction of sp³-hybridized carbons (Fsp3) is 0.0769. The van der Waals surface area contributed by atoms with Crippen LogP contribution >= 0.6 is 11.6 Å². The molecule has 3 rings (SSSR count). The summed E-state index contributed by atoms with van der Waals surface area (Å²) in [7, 11) is -3.81. The van der Waals surface area contributed by atoms with E-state index in [0.29, 0.717) is 0 Å². The normalized spacial score (nSPS) is 11.7. The quantitative estimate of drug-likeness (QED) is 0.753. The van der Waals surface area contributed by atoms with Gasteiger partial charge in [0, 0.05) is 5.02 Å². The van der Waals surface area contributed by atoms with E-state index in [0.717, 1.165) is 6.07 Å². The zero-order valence-electron chi connectivity index (χ0n) is 11.4. The van der Waals surface area contributed by atoms with E-state index in [9.17, 15) is 12.8 Å². The topological polar surface area (TPSA) is 98.2 Å². The summed E-state index contributed by atoms with van der Waals surface area (Å²) in [5.41, 5.74) is 0.0713. The smallest absolute Gasteiger partial charge is 0.274 e. The number of rotatable bonds is 5. The number of sulfonamides is 1. The van der Waals surface area contributed by atoms with Crippen molar-refractivity contribution in [2.24, 2.45) is 0 Å². The summed E-state index contributed by atoms with van der Waals surface area (Å²) in [5.74, 6) is -0.653. The van der Waals surface area contributed by atoms with Gasteiger partial charge in [0.05, 0.1) is 18.4 Å². The molecule has 0 aliphatic rings. The monoisotopic (exact) mass is 357 g/mol. The maximum absolute atomic E-state index is 13.8. The van der Waals surface area contributed by atoms with Crippen LogP contribution < -0.4 is 4.72 Å². The van der Waals surface area contributed by atoms with Crippen LogP contribution in [-0.4, -0.2) is 18.6 Å². The van der Waals surface area contributed by atoms with Crippen molar-refractivity contribution in [3.05, 3.63) is 53.3 Å². The van der Waals surface area contributed by atoms with E-state index in [2.05, 4.69) is 14.9 Å². The van der Waals surface area contributed by atoms with E-state index in [-0.39, 0.29) is 33.9 Å². The van der Waals surface area contributed by atoms with Crippen LogP contribution in [0.4, 0.5) is 4.39 Å². The fourth-order valence-corrected chi connectivity index (χ4v) is 2.81. The fourth-order valence-electron chi connectivity index (χ4n) is 1.75. The standard InChI is InChI=1S/C13H9ClFN3O4S/c14-8-3-4-9(10(15)6-8)13-17-11(18-22-13)7-16-23(19,20)12-2-1-5-21-12/h1-6,16H,7H2. The molecule has 7 nitrogen and oxygen atoms in total. The van der Waals surface area contributed by atoms with Crippen molar-refractivity contribution in [3.63, 3.8) is 0 Å². The first kappa shape index (κ1) is 15.7. The van der Waals surface area contributed by atoms with Gasteiger partial charge in [-0.2, -0.15) is 4.98 Å². The van der Waals surface area contributed by atoms with Crippen LogP contribution in [-0.2, 0) is 16.6 Å². The van der Waals surface area contributed by atoms with E-state index in [1.807, 2.05) is 0 Å². The number of halogens is 2. The van der Waals surface area contributed by atoms with Crippen molar-refractivity contribution < 1.29 is 21.7 Å². The molecule has 10 heteroatoms. The van der Waals surface area contributed by atoms with E-state index in [1.165, 1.54) is 30.5 Å². The Labute approximate surface area is 135 Å². The van der Waals surface area contributed by atoms with E-state index in [4.69, 9.17) is 20.5 Å². The highest BCUT2D eigenvalue weighted by atomic mass is 35.5. The summed E-state index contributed by atoms with van der Waals surface area (Å²) < 4.78 is 49.5. The Hall–Kier alpha value is -2.23. The Morgan fingerprint density at radius 3 is 2.83 bits per heavy atom. The molecule has 0 aliphatic carbocycles. The molecule has 0 radical (unpaired) electrons. The van der Waals surface area contributed by atoms with Crippen LogP contribution in [0.2, 0.25) is 5.02 Å². The number of hydrogen-bond donors (Lipinski definition) is 1. The molecule has 1 N–H and O–H groups in total. The van der Waals surface area contributed by atoms with Gasteiger partial charge in [-0.15, -0.1) is 0 Å². The molecular formula is C13H9ClFN3O4S. The number of furan rings is 1. The molecule has 0 unspecified atom stereocenters. The van der Waals surface area contributed by atoms with Crippen molar-refractivity contribution in [3.8, 4) is 11.5 Å². The van der Waals surface area contributed by atoms with Crippen LogP contribution in [0.5, 0.6) is 0 Å². The lowest BCUT2D eigenvalue weighted by Crippen LogP contribution is -2.23. The molecule has 0 amide bonds. The van der Waals surface area contributed by atoms with Gasteiger partial charge in [0.25, 0.3) is 15.9 Å². The average Bonchev–Trinajstić information content (AvgIpc) is 3.17. The first-order chi connectivity index (χ1) is 11.0. The lowest BCUT2D eigenvalue weighted by molar-refractivity contribution is 0.418. The van der Waals surface area contributed by atoms with Gasteiger partial charge in [0.2, 0.25) is 5.09 Å². The maximum atomic E-state index is 13.8. The third-order valence-electron chi connectivity index (χ3n) is 2.81. The van der Waals surface area contributed by atoms with Gasteiger partial charge in [-0.3, -0.25) is 0 Å². The van der Waals surface area contributed by atoms with Crippen LogP contribution in [0.3, 0.4) is 0 Å². The van der Waals surface area contributed by atoms with Crippen LogP contribution in [0.25, 0.3) is 11.5 Å². The van der Waals surface area contributed by atoms with Gasteiger partial charge in [-0.25, -0.2) is 17.5 Å². The summed E-state index contributed by atoms with van der Waals surface area (Å²) in [6, 6.07) is 6.73. The van der Waals surface area contributed by atoms with Gasteiger partial charge in [-0.05, 0) is 30.3 Å². The van der Waals surface area contributed by atoms with Crippen molar-refractivity contribution in [1.82, 2.24) is 14.9 Å². The SMILES string of the molecule is O=S(=O)(NCc1noc(-c2ccc(Cl)cc2F)n1)c1ccco1. The molecule has 1 aromatic carbocycles. The second kappa shape index (κ2) is 6.11. The first-order valence-electron chi connectivity index (χ1n) is 6.27. The summed E-state index contributed by atoms with van der Waals surface area (Å²) in [5, 5.41) is 3.60. The zero-order valence-corrected chi connectivity index (χ0v) is 12.9. The number of benzene rings is 1. The Morgan fingerprint density at radius 1 is 1.30 bits per heavy atom. The predicted octanol–water partition coefficient (Wildman–Crippen LogP) is 2.60. The summed E-state index contributed by atoms with van der Waals surface area (Å²) >= 11 is 5.67. The average molecular weight is 358 g/mol. The predicted molar refractivity (Wildman–Crippen MR) is 77.4 cm³/mol. The number of nitrogens with zero attached hydrogens (tertiary/aromatic N) is 2. The van der Waals surface area contributed by atoms with E-state index >= 15 is 0 Å². The number of aromatic nitrogens is 2. The van der Waals surface area contributed by atoms with Gasteiger partial charge in [0.15, 0.2) is 5.82 Å². The van der Waals surface area contributed by atoms with Gasteiger partial charge < -0.3 is 8.94 Å². The molecule has 3 aromatic rings. The summed E-state index contributed by atoms with van der Waals surface area (Å²) in [6.07, 6.45) is 1.24. The molecule has 23 heavy (non-hydrogen) atoms. The van der Waals surface area contributed by atoms with E-state index < -0.39 is 15.8 Å². The van der Waals surface area contributed by atoms with E-state index in [1.54, 1.807) is 0 Å². The molecular weight excluding hydrogens is 349 g/mol. The number of hydrogen-bond acceptors (Lipinski definition) is 6. The largest absolute Gasteiger partial charge is 0.452 e. The third kappa shape index (κ3) is 3.41. The minimum atomic E-state index is -3.81. The Kier molecular flexibility index (Phi) is 4.16. The molecule has 0 saturated carbocycles. The summed E-state index contributed by atoms with van der Waals surface area (Å²) in [4.78, 5) is 3.94. The summed E-state index contributed by atoms with van der Waals surface area (Å²) in [6.45, 7) is -0.234. The van der Waals surface area contributed by atoms with Gasteiger partial charge in [0.1, 0.15) is 5.82 Å². The maximum Gasteiger partial charge on any atom is 0.274 e. The highest BCUT2D eigenvalue weighted by Gasteiger charge is 2.19. The van der Waals surface area contributed by atoms with Crippen molar-refractivity contribution >= 4 is 21.6 Å². The van der Waals surface area contributed by atoms with Crippen molar-refractivity contribution in [2.75, 3.05) is 0 Å². The molecule has 0 atom stereocenters. The van der Waals surface area contributed by atoms with Crippen LogP contribution in [0.1, 0.15) is 5.82 Å². The van der Waals surface area contributed by atoms with Gasteiger partial charge >= 0.3 is 0 Å². The third-order valence-corrected chi connectivity index (χ3v) is 4.33. The minimum absolute atomic E-state index is 0.0458. The first-order valence-corrected chi connectivity index (χ1v) is 8.13. The zero-order chi connectivity index (χ0) is 16.4. The minimum Gasteiger partial charge on any atom is -0.452 e. The van der Waals surface area contributed by atoms with Gasteiger partial charge in [-0.1, -0.05) is 16.8 Å². The molecule has 0 spiro atoms. The lowest BCUT2D eigenvalue weighted by atomic mass is 10.2. The van der Waals surface area contributed by atoms with Crippen molar-refractivity contribution in [2.45, 2.75) is 11.6 Å². The molecule has 0 fully saturated rings. The highest BCUT2D eigenvalue weighted by Crippen LogP contribution is 2.23. The van der Waals surface area contributed by atoms with Crippen LogP contribution in [0.15, 0.2) is 50.6 Å². The van der Waals surface area contributed by atoms with Crippen molar-refractivity contribution in [1.29, 1.82) is 0 Å².